The standard InChI is InChI=1S/C72H128O6/c1-4-7-10-13-16-19-22-25-27-29-31-33-35-36-37-39-40-42-44-47-50-53-56-59-62-65-71(74)77-68-69(67-76-70(73)64-61-58-55-52-49-46-24-21-18-15-12-9-6-3)78-72(75)66-63-60-57-54-51-48-45-43-41-38-34-32-30-28-26-23-20-17-14-11-8-5-2/h7,10,16,19,21,24-25,27,31,33,36-37,69H,4-6,8-9,11-15,17-18,20,22-23,26,28-30,32,34-35,38-68H2,1-3H3/b10-7-,19-16-,24-21-,27-25-,33-31-,37-36-. The summed E-state index contributed by atoms with van der Waals surface area (Å²) in [7, 11) is 0. The summed E-state index contributed by atoms with van der Waals surface area (Å²) in [5.41, 5.74) is 0. The van der Waals surface area contributed by atoms with E-state index in [1.54, 1.807) is 0 Å². The van der Waals surface area contributed by atoms with E-state index in [0.717, 1.165) is 103 Å². The van der Waals surface area contributed by atoms with Crippen LogP contribution in [0.1, 0.15) is 348 Å². The Kier molecular flexibility index (Phi) is 63.7. The second-order valence-electron chi connectivity index (χ2n) is 22.7. The molecule has 0 saturated carbocycles. The maximum Gasteiger partial charge on any atom is 0.306 e. The summed E-state index contributed by atoms with van der Waals surface area (Å²) in [5, 5.41) is 0. The van der Waals surface area contributed by atoms with Crippen molar-refractivity contribution in [2.75, 3.05) is 13.2 Å². The number of ether oxygens (including phenoxy) is 3. The molecule has 6 nitrogen and oxygen atoms in total. The first-order chi connectivity index (χ1) is 38.5. The van der Waals surface area contributed by atoms with Crippen LogP contribution in [0.15, 0.2) is 72.9 Å². The van der Waals surface area contributed by atoms with Crippen LogP contribution in [0.25, 0.3) is 0 Å². The Morgan fingerprint density at radius 1 is 0.269 bits per heavy atom. The van der Waals surface area contributed by atoms with Crippen LogP contribution >= 0.6 is 0 Å². The summed E-state index contributed by atoms with van der Waals surface area (Å²) in [6.45, 7) is 6.55. The summed E-state index contributed by atoms with van der Waals surface area (Å²) in [4.78, 5) is 38.4. The van der Waals surface area contributed by atoms with Gasteiger partial charge in [0.2, 0.25) is 0 Å². The lowest BCUT2D eigenvalue weighted by molar-refractivity contribution is -0.167. The number of unbranched alkanes of at least 4 members (excludes halogenated alkanes) is 39. The van der Waals surface area contributed by atoms with Gasteiger partial charge in [0.05, 0.1) is 0 Å². The zero-order chi connectivity index (χ0) is 56.4. The van der Waals surface area contributed by atoms with Gasteiger partial charge in [0.1, 0.15) is 13.2 Å². The zero-order valence-electron chi connectivity index (χ0n) is 51.9. The van der Waals surface area contributed by atoms with E-state index < -0.39 is 6.10 Å². The molecule has 0 aromatic carbocycles. The van der Waals surface area contributed by atoms with Gasteiger partial charge < -0.3 is 14.2 Å². The molecule has 0 aromatic heterocycles. The first kappa shape index (κ1) is 74.8. The van der Waals surface area contributed by atoms with E-state index in [4.69, 9.17) is 14.2 Å². The molecule has 0 radical (unpaired) electrons. The maximum atomic E-state index is 12.9. The SMILES string of the molecule is CC/C=C\C/C=C\C/C=C\C/C=C\C/C=C\CCCCCCCCCCCC(=O)OCC(COC(=O)CCCCCCC/C=C\CCCCCC)OC(=O)CCCCCCCCCCCCCCCCCCCCCCCC. The third-order valence-corrected chi connectivity index (χ3v) is 14.9. The lowest BCUT2D eigenvalue weighted by Gasteiger charge is -2.18. The number of carbonyl (C=O) groups excluding carboxylic acids is 3. The van der Waals surface area contributed by atoms with Gasteiger partial charge in [0.15, 0.2) is 6.10 Å². The highest BCUT2D eigenvalue weighted by Crippen LogP contribution is 2.18. The molecule has 1 unspecified atom stereocenters. The minimum Gasteiger partial charge on any atom is -0.462 e. The van der Waals surface area contributed by atoms with E-state index in [-0.39, 0.29) is 31.1 Å². The zero-order valence-corrected chi connectivity index (χ0v) is 51.9. The van der Waals surface area contributed by atoms with Crippen LogP contribution in [0.2, 0.25) is 0 Å². The van der Waals surface area contributed by atoms with Crippen LogP contribution in [0, 0.1) is 0 Å². The maximum absolute atomic E-state index is 12.9. The molecule has 0 saturated heterocycles. The molecule has 0 aliphatic rings. The highest BCUT2D eigenvalue weighted by molar-refractivity contribution is 5.71. The van der Waals surface area contributed by atoms with E-state index in [0.29, 0.717) is 19.3 Å². The van der Waals surface area contributed by atoms with Crippen molar-refractivity contribution >= 4 is 17.9 Å². The fourth-order valence-electron chi connectivity index (χ4n) is 9.88. The molecule has 0 heterocycles. The molecule has 0 bridgehead atoms. The highest BCUT2D eigenvalue weighted by atomic mass is 16.6. The van der Waals surface area contributed by atoms with Crippen molar-refractivity contribution in [1.82, 2.24) is 0 Å². The molecule has 6 heteroatoms. The Hall–Kier alpha value is -3.15. The van der Waals surface area contributed by atoms with Crippen LogP contribution in [-0.2, 0) is 28.6 Å². The average molecular weight is 1090 g/mol. The third kappa shape index (κ3) is 63.7. The van der Waals surface area contributed by atoms with Crippen molar-refractivity contribution in [3.63, 3.8) is 0 Å². The molecule has 0 amide bonds. The number of hydrogen-bond acceptors (Lipinski definition) is 6. The van der Waals surface area contributed by atoms with Crippen molar-refractivity contribution in [2.45, 2.75) is 354 Å². The summed E-state index contributed by atoms with van der Waals surface area (Å²) in [6, 6.07) is 0. The lowest BCUT2D eigenvalue weighted by atomic mass is 10.0. The van der Waals surface area contributed by atoms with Gasteiger partial charge in [-0.05, 0) is 89.9 Å². The van der Waals surface area contributed by atoms with Crippen LogP contribution in [-0.4, -0.2) is 37.2 Å². The largest absolute Gasteiger partial charge is 0.462 e. The fraction of sp³-hybridized carbons (Fsp3) is 0.792. The number of rotatable bonds is 62. The molecule has 0 spiro atoms. The van der Waals surface area contributed by atoms with Gasteiger partial charge in [-0.15, -0.1) is 0 Å². The van der Waals surface area contributed by atoms with Crippen LogP contribution in [0.4, 0.5) is 0 Å². The van der Waals surface area contributed by atoms with Crippen molar-refractivity contribution in [1.29, 1.82) is 0 Å². The van der Waals surface area contributed by atoms with Crippen molar-refractivity contribution < 1.29 is 28.6 Å². The molecule has 0 fully saturated rings. The molecule has 0 aliphatic heterocycles. The molecule has 452 valence electrons. The number of carbonyl (C=O) groups is 3. The lowest BCUT2D eigenvalue weighted by Crippen LogP contribution is -2.30. The average Bonchev–Trinajstić information content (AvgIpc) is 3.44. The molecule has 78 heavy (non-hydrogen) atoms. The Bertz CT molecular complexity index is 1440. The summed E-state index contributed by atoms with van der Waals surface area (Å²) in [6.07, 6.45) is 86.3. The first-order valence-electron chi connectivity index (χ1n) is 33.9. The number of esters is 3. The van der Waals surface area contributed by atoms with Crippen molar-refractivity contribution in [2.24, 2.45) is 0 Å². The van der Waals surface area contributed by atoms with Gasteiger partial charge in [-0.2, -0.15) is 0 Å². The monoisotopic (exact) mass is 1090 g/mol. The first-order valence-corrected chi connectivity index (χ1v) is 33.9. The van der Waals surface area contributed by atoms with Crippen molar-refractivity contribution in [3.8, 4) is 0 Å². The second-order valence-corrected chi connectivity index (χ2v) is 22.7. The van der Waals surface area contributed by atoms with Gasteiger partial charge >= 0.3 is 17.9 Å². The topological polar surface area (TPSA) is 78.9 Å². The molecule has 0 rings (SSSR count). The molecular formula is C72H128O6. The third-order valence-electron chi connectivity index (χ3n) is 14.9. The van der Waals surface area contributed by atoms with Crippen LogP contribution in [0.5, 0.6) is 0 Å². The minimum absolute atomic E-state index is 0.0779. The van der Waals surface area contributed by atoms with E-state index in [9.17, 15) is 14.4 Å². The van der Waals surface area contributed by atoms with Crippen molar-refractivity contribution in [3.05, 3.63) is 72.9 Å². The Morgan fingerprint density at radius 2 is 0.500 bits per heavy atom. The quantitative estimate of drug-likeness (QED) is 0.0261. The van der Waals surface area contributed by atoms with E-state index in [1.807, 2.05) is 0 Å². The van der Waals surface area contributed by atoms with E-state index in [1.165, 1.54) is 205 Å². The predicted molar refractivity (Wildman–Crippen MR) is 339 cm³/mol. The van der Waals surface area contributed by atoms with Gasteiger partial charge in [-0.25, -0.2) is 0 Å². The summed E-state index contributed by atoms with van der Waals surface area (Å²) in [5.74, 6) is -0.872. The summed E-state index contributed by atoms with van der Waals surface area (Å²) >= 11 is 0. The Morgan fingerprint density at radius 3 is 0.808 bits per heavy atom. The normalized spacial score (nSPS) is 12.5. The molecule has 1 atom stereocenters. The Labute approximate surface area is 484 Å². The molecule has 0 N–H and O–H groups in total. The molecule has 0 aromatic rings. The Balaban J connectivity index is 4.29. The smallest absolute Gasteiger partial charge is 0.306 e. The second kappa shape index (κ2) is 66.4. The van der Waals surface area contributed by atoms with Gasteiger partial charge in [0, 0.05) is 19.3 Å². The van der Waals surface area contributed by atoms with Gasteiger partial charge in [-0.1, -0.05) is 312 Å². The van der Waals surface area contributed by atoms with Gasteiger partial charge in [-0.3, -0.25) is 14.4 Å². The van der Waals surface area contributed by atoms with Gasteiger partial charge in [0.25, 0.3) is 0 Å². The fourth-order valence-corrected chi connectivity index (χ4v) is 9.88. The van der Waals surface area contributed by atoms with E-state index in [2.05, 4.69) is 93.7 Å². The summed E-state index contributed by atoms with van der Waals surface area (Å²) < 4.78 is 17.0. The van der Waals surface area contributed by atoms with Crippen LogP contribution < -0.4 is 0 Å². The van der Waals surface area contributed by atoms with E-state index >= 15 is 0 Å². The van der Waals surface area contributed by atoms with Crippen LogP contribution in [0.3, 0.4) is 0 Å². The number of allylic oxidation sites excluding steroid dienone is 12. The molecule has 0 aliphatic carbocycles. The molecular weight excluding hydrogens is 961 g/mol. The highest BCUT2D eigenvalue weighted by Gasteiger charge is 2.19. The minimum atomic E-state index is -0.781. The predicted octanol–water partition coefficient (Wildman–Crippen LogP) is 23.3. The number of hydrogen-bond donors (Lipinski definition) is 0.